The van der Waals surface area contributed by atoms with Crippen LogP contribution in [0.5, 0.6) is 0 Å². The Kier molecular flexibility index (Phi) is 5.02. The van der Waals surface area contributed by atoms with Gasteiger partial charge in [0.25, 0.3) is 5.91 Å². The van der Waals surface area contributed by atoms with Crippen LogP contribution in [0.2, 0.25) is 0 Å². The number of thiazole rings is 1. The average Bonchev–Trinajstić information content (AvgIpc) is 2.88. The summed E-state index contributed by atoms with van der Waals surface area (Å²) in [5.41, 5.74) is -0.581. The first-order valence-corrected chi connectivity index (χ1v) is 7.29. The van der Waals surface area contributed by atoms with Crippen LogP contribution in [0.3, 0.4) is 0 Å². The molecule has 1 heterocycles. The molecule has 2 aromatic rings. The van der Waals surface area contributed by atoms with E-state index in [1.54, 1.807) is 6.20 Å². The number of nitrogens with one attached hydrogen (secondary N) is 2. The van der Waals surface area contributed by atoms with E-state index in [0.717, 1.165) is 34.3 Å². The molecule has 118 valence electrons. The fourth-order valence-corrected chi connectivity index (χ4v) is 2.38. The van der Waals surface area contributed by atoms with Gasteiger partial charge in [-0.15, -0.1) is 11.3 Å². The molecule has 0 aliphatic heterocycles. The molecule has 1 aromatic heterocycles. The molecule has 1 amide bonds. The fourth-order valence-electron chi connectivity index (χ4n) is 1.69. The fraction of sp³-hybridized carbons (Fsp3) is 0.286. The Bertz CT molecular complexity index is 638. The Balaban J connectivity index is 1.79. The van der Waals surface area contributed by atoms with E-state index in [0.29, 0.717) is 13.1 Å². The van der Waals surface area contributed by atoms with Gasteiger partial charge < -0.3 is 10.6 Å². The molecule has 22 heavy (non-hydrogen) atoms. The summed E-state index contributed by atoms with van der Waals surface area (Å²) in [6.45, 7) is 2.77. The molecule has 0 atom stereocenters. The van der Waals surface area contributed by atoms with Gasteiger partial charge in [0, 0.05) is 29.7 Å². The zero-order valence-electron chi connectivity index (χ0n) is 11.7. The third-order valence-electron chi connectivity index (χ3n) is 2.78. The SMILES string of the molecule is Cc1cnc(NCCNC(=O)c2ccc(C(F)(F)F)cc2)s1. The molecule has 0 bridgehead atoms. The predicted octanol–water partition coefficient (Wildman–Crippen LogP) is 3.31. The summed E-state index contributed by atoms with van der Waals surface area (Å²) in [4.78, 5) is 17.0. The summed E-state index contributed by atoms with van der Waals surface area (Å²) < 4.78 is 37.3. The molecule has 2 rings (SSSR count). The number of amides is 1. The van der Waals surface area contributed by atoms with Gasteiger partial charge in [-0.2, -0.15) is 13.2 Å². The van der Waals surface area contributed by atoms with Crippen molar-refractivity contribution >= 4 is 22.4 Å². The molecule has 0 unspecified atom stereocenters. The lowest BCUT2D eigenvalue weighted by Gasteiger charge is -2.08. The van der Waals surface area contributed by atoms with E-state index < -0.39 is 17.6 Å². The normalized spacial score (nSPS) is 11.3. The summed E-state index contributed by atoms with van der Waals surface area (Å²) >= 11 is 1.51. The molecule has 4 nitrogen and oxygen atoms in total. The number of hydrogen-bond donors (Lipinski definition) is 2. The maximum absolute atomic E-state index is 12.4. The number of aromatic nitrogens is 1. The van der Waals surface area contributed by atoms with Gasteiger partial charge in [-0.1, -0.05) is 0 Å². The van der Waals surface area contributed by atoms with Gasteiger partial charge in [-0.25, -0.2) is 4.98 Å². The summed E-state index contributed by atoms with van der Waals surface area (Å²) in [6, 6.07) is 4.11. The number of aryl methyl sites for hydroxylation is 1. The van der Waals surface area contributed by atoms with Crippen LogP contribution in [-0.4, -0.2) is 24.0 Å². The molecule has 0 spiro atoms. The lowest BCUT2D eigenvalue weighted by Crippen LogP contribution is -2.28. The topological polar surface area (TPSA) is 54.0 Å². The summed E-state index contributed by atoms with van der Waals surface area (Å²) in [6.07, 6.45) is -2.65. The van der Waals surface area contributed by atoms with E-state index in [-0.39, 0.29) is 5.56 Å². The Labute approximate surface area is 129 Å². The van der Waals surface area contributed by atoms with Crippen LogP contribution in [0.1, 0.15) is 20.8 Å². The zero-order chi connectivity index (χ0) is 16.2. The van der Waals surface area contributed by atoms with Crippen molar-refractivity contribution in [1.29, 1.82) is 0 Å². The van der Waals surface area contributed by atoms with Crippen LogP contribution in [-0.2, 0) is 6.18 Å². The molecule has 0 fully saturated rings. The lowest BCUT2D eigenvalue weighted by atomic mass is 10.1. The molecule has 0 saturated heterocycles. The minimum absolute atomic E-state index is 0.193. The maximum atomic E-state index is 12.4. The van der Waals surface area contributed by atoms with Gasteiger partial charge in [-0.3, -0.25) is 4.79 Å². The van der Waals surface area contributed by atoms with Gasteiger partial charge >= 0.3 is 6.18 Å². The van der Waals surface area contributed by atoms with Gasteiger partial charge in [-0.05, 0) is 31.2 Å². The monoisotopic (exact) mass is 329 g/mol. The second-order valence-electron chi connectivity index (χ2n) is 4.53. The highest BCUT2D eigenvalue weighted by Gasteiger charge is 2.30. The number of benzene rings is 1. The van der Waals surface area contributed by atoms with Crippen LogP contribution < -0.4 is 10.6 Å². The number of rotatable bonds is 5. The summed E-state index contributed by atoms with van der Waals surface area (Å²) in [5.74, 6) is -0.411. The van der Waals surface area contributed by atoms with Crippen LogP contribution in [0.4, 0.5) is 18.3 Å². The third kappa shape index (κ3) is 4.45. The minimum atomic E-state index is -4.40. The van der Waals surface area contributed by atoms with E-state index in [2.05, 4.69) is 15.6 Å². The summed E-state index contributed by atoms with van der Waals surface area (Å²) in [5, 5.41) is 6.44. The largest absolute Gasteiger partial charge is 0.416 e. The Morgan fingerprint density at radius 3 is 2.45 bits per heavy atom. The second kappa shape index (κ2) is 6.78. The van der Waals surface area contributed by atoms with Crippen LogP contribution in [0, 0.1) is 6.92 Å². The molecule has 0 aliphatic carbocycles. The van der Waals surface area contributed by atoms with Crippen molar-refractivity contribution in [2.24, 2.45) is 0 Å². The van der Waals surface area contributed by atoms with E-state index in [4.69, 9.17) is 0 Å². The third-order valence-corrected chi connectivity index (χ3v) is 3.65. The molecular formula is C14H14F3N3OS. The first-order chi connectivity index (χ1) is 10.4. The van der Waals surface area contributed by atoms with E-state index in [1.807, 2.05) is 6.92 Å². The molecule has 0 radical (unpaired) electrons. The molecule has 0 saturated carbocycles. The standard InChI is InChI=1S/C14H14F3N3OS/c1-9-8-20-13(22-9)19-7-6-18-12(21)10-2-4-11(5-3-10)14(15,16)17/h2-5,8H,6-7H2,1H3,(H,18,21)(H,19,20). The summed E-state index contributed by atoms with van der Waals surface area (Å²) in [7, 11) is 0. The Morgan fingerprint density at radius 1 is 1.23 bits per heavy atom. The molecule has 2 N–H and O–H groups in total. The van der Waals surface area contributed by atoms with E-state index >= 15 is 0 Å². The maximum Gasteiger partial charge on any atom is 0.416 e. The van der Waals surface area contributed by atoms with Crippen molar-refractivity contribution in [3.63, 3.8) is 0 Å². The number of carbonyl (C=O) groups is 1. The number of alkyl halides is 3. The molecule has 8 heteroatoms. The van der Waals surface area contributed by atoms with Gasteiger partial charge in [0.1, 0.15) is 0 Å². The molecule has 0 aliphatic rings. The molecular weight excluding hydrogens is 315 g/mol. The van der Waals surface area contributed by atoms with Crippen molar-refractivity contribution in [3.8, 4) is 0 Å². The van der Waals surface area contributed by atoms with Crippen LogP contribution in [0.25, 0.3) is 0 Å². The first kappa shape index (κ1) is 16.3. The minimum Gasteiger partial charge on any atom is -0.360 e. The van der Waals surface area contributed by atoms with Crippen molar-refractivity contribution < 1.29 is 18.0 Å². The highest BCUT2D eigenvalue weighted by molar-refractivity contribution is 7.15. The first-order valence-electron chi connectivity index (χ1n) is 6.48. The number of halogens is 3. The van der Waals surface area contributed by atoms with Crippen LogP contribution in [0.15, 0.2) is 30.5 Å². The lowest BCUT2D eigenvalue weighted by molar-refractivity contribution is -0.137. The number of carbonyl (C=O) groups excluding carboxylic acids is 1. The van der Waals surface area contributed by atoms with Crippen molar-refractivity contribution in [2.45, 2.75) is 13.1 Å². The van der Waals surface area contributed by atoms with Gasteiger partial charge in [0.05, 0.1) is 5.56 Å². The number of anilines is 1. The number of hydrogen-bond acceptors (Lipinski definition) is 4. The Morgan fingerprint density at radius 2 is 1.91 bits per heavy atom. The second-order valence-corrected chi connectivity index (χ2v) is 5.77. The van der Waals surface area contributed by atoms with E-state index in [1.165, 1.54) is 11.3 Å². The highest BCUT2D eigenvalue weighted by Crippen LogP contribution is 2.29. The van der Waals surface area contributed by atoms with Gasteiger partial charge in [0.2, 0.25) is 0 Å². The van der Waals surface area contributed by atoms with Crippen molar-refractivity contribution in [2.75, 3.05) is 18.4 Å². The van der Waals surface area contributed by atoms with Crippen molar-refractivity contribution in [1.82, 2.24) is 10.3 Å². The average molecular weight is 329 g/mol. The quantitative estimate of drug-likeness (QED) is 0.828. The van der Waals surface area contributed by atoms with Crippen LogP contribution >= 0.6 is 11.3 Å². The van der Waals surface area contributed by atoms with E-state index in [9.17, 15) is 18.0 Å². The van der Waals surface area contributed by atoms with Gasteiger partial charge in [0.15, 0.2) is 5.13 Å². The Hall–Kier alpha value is -2.09. The highest BCUT2D eigenvalue weighted by atomic mass is 32.1. The van der Waals surface area contributed by atoms with Crippen molar-refractivity contribution in [3.05, 3.63) is 46.5 Å². The predicted molar refractivity (Wildman–Crippen MR) is 79.1 cm³/mol. The molecule has 1 aromatic carbocycles. The smallest absolute Gasteiger partial charge is 0.360 e. The zero-order valence-corrected chi connectivity index (χ0v) is 12.5. The number of nitrogens with zero attached hydrogens (tertiary/aromatic N) is 1.